The highest BCUT2D eigenvalue weighted by atomic mass is 35.5. The lowest BCUT2D eigenvalue weighted by Gasteiger charge is -2.09. The van der Waals surface area contributed by atoms with E-state index in [1.165, 1.54) is 6.33 Å². The van der Waals surface area contributed by atoms with Crippen LogP contribution in [0.5, 0.6) is 0 Å². The van der Waals surface area contributed by atoms with E-state index in [1.54, 1.807) is 18.6 Å². The number of benzene rings is 1. The smallest absolute Gasteiger partial charge is 0.144 e. The van der Waals surface area contributed by atoms with Crippen LogP contribution >= 0.6 is 11.6 Å². The Morgan fingerprint density at radius 2 is 1.90 bits per heavy atom. The van der Waals surface area contributed by atoms with E-state index in [1.807, 2.05) is 18.2 Å². The molecule has 2 aromatic heterocycles. The normalized spacial score (nSPS) is 10.5. The van der Waals surface area contributed by atoms with Crippen molar-refractivity contribution in [2.45, 2.75) is 0 Å². The van der Waals surface area contributed by atoms with Crippen molar-refractivity contribution in [3.05, 3.63) is 48.1 Å². The Hall–Kier alpha value is -2.47. The van der Waals surface area contributed by atoms with Crippen molar-refractivity contribution in [3.8, 4) is 0 Å². The zero-order valence-electron chi connectivity index (χ0n) is 11.1. The van der Waals surface area contributed by atoms with Gasteiger partial charge in [-0.1, -0.05) is 11.6 Å². The average Bonchev–Trinajstić information content (AvgIpc) is 2.52. The predicted molar refractivity (Wildman–Crippen MR) is 83.6 cm³/mol. The number of hydrogen-bond donors (Lipinski definition) is 2. The molecule has 0 aliphatic heterocycles. The first-order chi connectivity index (χ1) is 10.3. The lowest BCUT2D eigenvalue weighted by molar-refractivity contribution is 1.03. The molecule has 3 aromatic rings. The first-order valence-electron chi connectivity index (χ1n) is 6.47. The molecule has 0 amide bonds. The molecule has 1 aromatic carbocycles. The number of aromatic nitrogens is 4. The highest BCUT2D eigenvalue weighted by molar-refractivity contribution is 6.31. The summed E-state index contributed by atoms with van der Waals surface area (Å²) in [5.74, 6) is 1.54. The third kappa shape index (κ3) is 3.35. The van der Waals surface area contributed by atoms with Crippen LogP contribution in [0, 0.1) is 0 Å². The zero-order chi connectivity index (χ0) is 14.5. The summed E-state index contributed by atoms with van der Waals surface area (Å²) in [5, 5.41) is 8.05. The molecule has 0 fully saturated rings. The van der Waals surface area contributed by atoms with Gasteiger partial charge in [-0.15, -0.1) is 0 Å². The van der Waals surface area contributed by atoms with E-state index in [2.05, 4.69) is 30.6 Å². The summed E-state index contributed by atoms with van der Waals surface area (Å²) in [4.78, 5) is 16.6. The fourth-order valence-electron chi connectivity index (χ4n) is 1.93. The van der Waals surface area contributed by atoms with Crippen molar-refractivity contribution in [3.63, 3.8) is 0 Å². The molecule has 2 heterocycles. The molecule has 7 heteroatoms. The van der Waals surface area contributed by atoms with Crippen LogP contribution in [0.1, 0.15) is 0 Å². The van der Waals surface area contributed by atoms with Crippen LogP contribution in [0.25, 0.3) is 10.9 Å². The van der Waals surface area contributed by atoms with E-state index in [0.29, 0.717) is 18.1 Å². The van der Waals surface area contributed by atoms with Crippen LogP contribution in [0.3, 0.4) is 0 Å². The summed E-state index contributed by atoms with van der Waals surface area (Å²) >= 11 is 5.96. The highest BCUT2D eigenvalue weighted by Gasteiger charge is 2.03. The monoisotopic (exact) mass is 300 g/mol. The summed E-state index contributed by atoms with van der Waals surface area (Å²) < 4.78 is 0. The molecule has 2 N–H and O–H groups in total. The van der Waals surface area contributed by atoms with Gasteiger partial charge in [-0.05, 0) is 18.2 Å². The van der Waals surface area contributed by atoms with E-state index >= 15 is 0 Å². The van der Waals surface area contributed by atoms with Gasteiger partial charge in [-0.3, -0.25) is 4.98 Å². The summed E-state index contributed by atoms with van der Waals surface area (Å²) in [6.45, 7) is 1.41. The molecule has 0 aliphatic rings. The number of hydrogen-bond acceptors (Lipinski definition) is 6. The second-order valence-corrected chi connectivity index (χ2v) is 4.76. The number of halogens is 1. The van der Waals surface area contributed by atoms with Crippen LogP contribution in [0.2, 0.25) is 5.02 Å². The summed E-state index contributed by atoms with van der Waals surface area (Å²) in [6.07, 6.45) is 6.50. The Morgan fingerprint density at radius 1 is 1.00 bits per heavy atom. The molecule has 0 aliphatic carbocycles. The molecular weight excluding hydrogens is 288 g/mol. The van der Waals surface area contributed by atoms with Crippen LogP contribution < -0.4 is 10.6 Å². The van der Waals surface area contributed by atoms with Gasteiger partial charge in [0.25, 0.3) is 0 Å². The maximum atomic E-state index is 5.96. The average molecular weight is 301 g/mol. The molecule has 106 valence electrons. The summed E-state index contributed by atoms with van der Waals surface area (Å²) in [7, 11) is 0. The van der Waals surface area contributed by atoms with E-state index in [4.69, 9.17) is 11.6 Å². The first-order valence-corrected chi connectivity index (χ1v) is 6.85. The van der Waals surface area contributed by atoms with E-state index in [-0.39, 0.29) is 0 Å². The van der Waals surface area contributed by atoms with Crippen LogP contribution in [-0.2, 0) is 0 Å². The predicted octanol–water partition coefficient (Wildman–Crippen LogP) is 2.60. The standard InChI is InChI=1S/C14H13ClN6/c15-10-1-2-11-12(7-10)20-9-21-14(11)19-6-5-18-13-8-16-3-4-17-13/h1-4,7-9H,5-6H2,(H,17,18)(H,19,20,21). The molecular formula is C14H13ClN6. The number of rotatable bonds is 5. The Balaban J connectivity index is 1.63. The van der Waals surface area contributed by atoms with Gasteiger partial charge >= 0.3 is 0 Å². The molecule has 6 nitrogen and oxygen atoms in total. The van der Waals surface area contributed by atoms with Crippen LogP contribution in [0.4, 0.5) is 11.6 Å². The van der Waals surface area contributed by atoms with E-state index in [0.717, 1.165) is 22.5 Å². The lowest BCUT2D eigenvalue weighted by Crippen LogP contribution is -2.15. The van der Waals surface area contributed by atoms with Crippen molar-refractivity contribution >= 4 is 34.1 Å². The minimum absolute atomic E-state index is 0.663. The van der Waals surface area contributed by atoms with E-state index < -0.39 is 0 Å². The quantitative estimate of drug-likeness (QED) is 0.705. The Kier molecular flexibility index (Phi) is 4.07. The lowest BCUT2D eigenvalue weighted by atomic mass is 10.2. The molecule has 0 radical (unpaired) electrons. The molecule has 0 saturated carbocycles. The first kappa shape index (κ1) is 13.5. The highest BCUT2D eigenvalue weighted by Crippen LogP contribution is 2.22. The number of fused-ring (bicyclic) bond motifs is 1. The molecule has 0 saturated heterocycles. The van der Waals surface area contributed by atoms with Crippen molar-refractivity contribution in [2.75, 3.05) is 23.7 Å². The summed E-state index contributed by atoms with van der Waals surface area (Å²) in [5.41, 5.74) is 0.821. The van der Waals surface area contributed by atoms with Gasteiger partial charge in [0, 0.05) is 35.9 Å². The maximum absolute atomic E-state index is 5.96. The molecule has 0 unspecified atom stereocenters. The van der Waals surface area contributed by atoms with Crippen molar-refractivity contribution in [1.82, 2.24) is 19.9 Å². The van der Waals surface area contributed by atoms with Gasteiger partial charge in [-0.2, -0.15) is 0 Å². The zero-order valence-corrected chi connectivity index (χ0v) is 11.9. The van der Waals surface area contributed by atoms with Gasteiger partial charge < -0.3 is 10.6 Å². The minimum atomic E-state index is 0.663. The topological polar surface area (TPSA) is 75.6 Å². The second-order valence-electron chi connectivity index (χ2n) is 4.33. The second kappa shape index (κ2) is 6.32. The third-order valence-corrected chi connectivity index (χ3v) is 3.12. The van der Waals surface area contributed by atoms with Crippen molar-refractivity contribution in [2.24, 2.45) is 0 Å². The Bertz CT molecular complexity index is 734. The van der Waals surface area contributed by atoms with Crippen molar-refractivity contribution in [1.29, 1.82) is 0 Å². The van der Waals surface area contributed by atoms with Gasteiger partial charge in [0.2, 0.25) is 0 Å². The van der Waals surface area contributed by atoms with Crippen LogP contribution in [0.15, 0.2) is 43.1 Å². The van der Waals surface area contributed by atoms with Gasteiger partial charge in [0.15, 0.2) is 0 Å². The van der Waals surface area contributed by atoms with Gasteiger partial charge in [0.1, 0.15) is 18.0 Å². The van der Waals surface area contributed by atoms with Crippen LogP contribution in [-0.4, -0.2) is 33.0 Å². The minimum Gasteiger partial charge on any atom is -0.368 e. The Morgan fingerprint density at radius 3 is 2.76 bits per heavy atom. The Labute approximate surface area is 126 Å². The summed E-state index contributed by atoms with van der Waals surface area (Å²) in [6, 6.07) is 5.56. The third-order valence-electron chi connectivity index (χ3n) is 2.89. The molecule has 3 rings (SSSR count). The van der Waals surface area contributed by atoms with E-state index in [9.17, 15) is 0 Å². The number of nitrogens with zero attached hydrogens (tertiary/aromatic N) is 4. The maximum Gasteiger partial charge on any atom is 0.144 e. The SMILES string of the molecule is Clc1ccc2c(NCCNc3cnccn3)ncnc2c1. The largest absolute Gasteiger partial charge is 0.368 e. The fourth-order valence-corrected chi connectivity index (χ4v) is 2.10. The molecule has 0 bridgehead atoms. The molecule has 0 atom stereocenters. The van der Waals surface area contributed by atoms with Crippen molar-refractivity contribution < 1.29 is 0 Å². The van der Waals surface area contributed by atoms with Gasteiger partial charge in [-0.25, -0.2) is 15.0 Å². The van der Waals surface area contributed by atoms with Gasteiger partial charge in [0.05, 0.1) is 11.7 Å². The number of anilines is 2. The fraction of sp³-hybridized carbons (Fsp3) is 0.143. The number of nitrogens with one attached hydrogen (secondary N) is 2. The molecule has 21 heavy (non-hydrogen) atoms. The molecule has 0 spiro atoms.